The van der Waals surface area contributed by atoms with Crippen LogP contribution >= 0.6 is 27.3 Å². The van der Waals surface area contributed by atoms with Crippen LogP contribution in [0.5, 0.6) is 0 Å². The van der Waals surface area contributed by atoms with E-state index in [1.165, 1.54) is 11.0 Å². The molecule has 0 N–H and O–H groups in total. The highest BCUT2D eigenvalue weighted by molar-refractivity contribution is 9.10. The number of amides is 1. The largest absolute Gasteiger partial charge is 0.294 e. The molecule has 0 spiro atoms. The standard InChI is InChI=1S/C19H15BrFNO2S/c20-12-4-5-15(14(21)8-12)22-16-2-1-3-17(23)19(16)13(9-18(22)24)11-6-7-25-10-11/h4-8,10,13H,1-3,9H2. The highest BCUT2D eigenvalue weighted by atomic mass is 79.9. The molecule has 1 aliphatic carbocycles. The molecule has 0 bridgehead atoms. The molecular formula is C19H15BrFNO2S. The maximum Gasteiger partial charge on any atom is 0.232 e. The molecule has 1 aliphatic heterocycles. The van der Waals surface area contributed by atoms with E-state index in [-0.39, 0.29) is 29.7 Å². The van der Waals surface area contributed by atoms with Crippen LogP contribution in [0, 0.1) is 5.82 Å². The van der Waals surface area contributed by atoms with Gasteiger partial charge in [0.2, 0.25) is 5.91 Å². The second-order valence-corrected chi connectivity index (χ2v) is 7.97. The highest BCUT2D eigenvalue weighted by Gasteiger charge is 2.40. The van der Waals surface area contributed by atoms with Crippen molar-refractivity contribution in [3.05, 3.63) is 62.1 Å². The zero-order valence-electron chi connectivity index (χ0n) is 13.3. The average Bonchev–Trinajstić information content (AvgIpc) is 3.10. The van der Waals surface area contributed by atoms with Gasteiger partial charge < -0.3 is 0 Å². The lowest BCUT2D eigenvalue weighted by Crippen LogP contribution is -2.40. The Balaban J connectivity index is 1.88. The van der Waals surface area contributed by atoms with Crippen molar-refractivity contribution in [2.75, 3.05) is 4.90 Å². The number of thiophene rings is 1. The van der Waals surface area contributed by atoms with Gasteiger partial charge in [0.1, 0.15) is 5.82 Å². The number of anilines is 1. The molecule has 0 fully saturated rings. The first-order valence-corrected chi connectivity index (χ1v) is 9.86. The van der Waals surface area contributed by atoms with E-state index in [2.05, 4.69) is 15.9 Å². The predicted molar refractivity (Wildman–Crippen MR) is 99.1 cm³/mol. The van der Waals surface area contributed by atoms with Crippen LogP contribution in [0.4, 0.5) is 10.1 Å². The van der Waals surface area contributed by atoms with Crippen LogP contribution in [0.1, 0.15) is 37.2 Å². The van der Waals surface area contributed by atoms with Crippen molar-refractivity contribution in [2.45, 2.75) is 31.6 Å². The van der Waals surface area contributed by atoms with E-state index in [9.17, 15) is 14.0 Å². The van der Waals surface area contributed by atoms with Crippen LogP contribution in [-0.4, -0.2) is 11.7 Å². The Hall–Kier alpha value is -1.79. The number of allylic oxidation sites excluding steroid dienone is 2. The Morgan fingerprint density at radius 3 is 2.76 bits per heavy atom. The Labute approximate surface area is 157 Å². The number of carbonyl (C=O) groups is 2. The topological polar surface area (TPSA) is 37.4 Å². The van der Waals surface area contributed by atoms with E-state index in [0.29, 0.717) is 35.0 Å². The molecular weight excluding hydrogens is 405 g/mol. The lowest BCUT2D eigenvalue weighted by Gasteiger charge is -2.38. The Kier molecular flexibility index (Phi) is 4.33. The van der Waals surface area contributed by atoms with Gasteiger partial charge in [0.15, 0.2) is 5.78 Å². The number of halogens is 2. The Morgan fingerprint density at radius 2 is 2.04 bits per heavy atom. The number of rotatable bonds is 2. The highest BCUT2D eigenvalue weighted by Crippen LogP contribution is 2.44. The van der Waals surface area contributed by atoms with Crippen LogP contribution in [0.2, 0.25) is 0 Å². The molecule has 128 valence electrons. The van der Waals surface area contributed by atoms with Crippen molar-refractivity contribution in [1.82, 2.24) is 0 Å². The van der Waals surface area contributed by atoms with E-state index in [0.717, 1.165) is 5.56 Å². The molecule has 2 aromatic rings. The van der Waals surface area contributed by atoms with Crippen LogP contribution in [0.15, 0.2) is 50.8 Å². The Bertz CT molecular complexity index is 891. The summed E-state index contributed by atoms with van der Waals surface area (Å²) in [7, 11) is 0. The van der Waals surface area contributed by atoms with Gasteiger partial charge in [-0.25, -0.2) is 4.39 Å². The van der Waals surface area contributed by atoms with Crippen molar-refractivity contribution in [2.24, 2.45) is 0 Å². The van der Waals surface area contributed by atoms with E-state index in [4.69, 9.17) is 0 Å². The molecule has 25 heavy (non-hydrogen) atoms. The van der Waals surface area contributed by atoms with Crippen LogP contribution in [-0.2, 0) is 9.59 Å². The maximum atomic E-state index is 14.5. The molecule has 3 nitrogen and oxygen atoms in total. The second kappa shape index (κ2) is 6.50. The first-order valence-electron chi connectivity index (χ1n) is 8.12. The Morgan fingerprint density at radius 1 is 1.20 bits per heavy atom. The summed E-state index contributed by atoms with van der Waals surface area (Å²) >= 11 is 4.79. The number of ketones is 1. The fraction of sp³-hybridized carbons (Fsp3) is 0.263. The number of benzene rings is 1. The molecule has 1 amide bonds. The zero-order valence-corrected chi connectivity index (χ0v) is 15.7. The van der Waals surface area contributed by atoms with Crippen molar-refractivity contribution < 1.29 is 14.0 Å². The van der Waals surface area contributed by atoms with Gasteiger partial charge in [0.25, 0.3) is 0 Å². The summed E-state index contributed by atoms with van der Waals surface area (Å²) in [6.45, 7) is 0. The lowest BCUT2D eigenvalue weighted by atomic mass is 9.78. The van der Waals surface area contributed by atoms with E-state index in [1.54, 1.807) is 23.5 Å². The minimum absolute atomic E-state index is 0.0764. The summed E-state index contributed by atoms with van der Waals surface area (Å²) in [5.74, 6) is -0.767. The molecule has 1 aromatic carbocycles. The summed E-state index contributed by atoms with van der Waals surface area (Å²) < 4.78 is 15.1. The smallest absolute Gasteiger partial charge is 0.232 e. The van der Waals surface area contributed by atoms with E-state index < -0.39 is 5.82 Å². The summed E-state index contributed by atoms with van der Waals surface area (Å²) in [5.41, 5.74) is 2.58. The van der Waals surface area contributed by atoms with Gasteiger partial charge in [0.05, 0.1) is 5.69 Å². The molecule has 1 aromatic heterocycles. The number of Topliss-reactive ketones (excluding diaryl/α,β-unsaturated/α-hetero) is 1. The molecule has 6 heteroatoms. The SMILES string of the molecule is O=C1CCCC2=C1C(c1ccsc1)CC(=O)N2c1ccc(Br)cc1F. The van der Waals surface area contributed by atoms with Crippen LogP contribution in [0.3, 0.4) is 0 Å². The molecule has 0 saturated carbocycles. The number of hydrogen-bond acceptors (Lipinski definition) is 3. The van der Waals surface area contributed by atoms with Gasteiger partial charge in [-0.05, 0) is 53.4 Å². The lowest BCUT2D eigenvalue weighted by molar-refractivity contribution is -0.120. The van der Waals surface area contributed by atoms with E-state index in [1.807, 2.05) is 16.8 Å². The molecule has 2 heterocycles. The number of carbonyl (C=O) groups excluding carboxylic acids is 2. The maximum absolute atomic E-state index is 14.5. The van der Waals surface area contributed by atoms with Gasteiger partial charge in [-0.2, -0.15) is 11.3 Å². The molecule has 0 radical (unpaired) electrons. The summed E-state index contributed by atoms with van der Waals surface area (Å²) in [5, 5.41) is 3.94. The summed E-state index contributed by atoms with van der Waals surface area (Å²) in [6.07, 6.45) is 1.99. The minimum atomic E-state index is -0.471. The predicted octanol–water partition coefficient (Wildman–Crippen LogP) is 5.18. The molecule has 1 atom stereocenters. The molecule has 4 rings (SSSR count). The summed E-state index contributed by atoms with van der Waals surface area (Å²) in [4.78, 5) is 27.0. The van der Waals surface area contributed by atoms with Crippen LogP contribution < -0.4 is 4.90 Å². The third-order valence-corrected chi connectivity index (χ3v) is 5.97. The van der Waals surface area contributed by atoms with Crippen molar-refractivity contribution >= 4 is 44.6 Å². The third-order valence-electron chi connectivity index (χ3n) is 4.77. The molecule has 1 unspecified atom stereocenters. The first kappa shape index (κ1) is 16.7. The van der Waals surface area contributed by atoms with Gasteiger partial charge in [-0.1, -0.05) is 15.9 Å². The first-order chi connectivity index (χ1) is 12.1. The van der Waals surface area contributed by atoms with Crippen molar-refractivity contribution in [1.29, 1.82) is 0 Å². The minimum Gasteiger partial charge on any atom is -0.294 e. The average molecular weight is 420 g/mol. The number of nitrogens with zero attached hydrogens (tertiary/aromatic N) is 1. The second-order valence-electron chi connectivity index (χ2n) is 6.28. The normalized spacial score (nSPS) is 20.9. The van der Waals surface area contributed by atoms with Crippen LogP contribution in [0.25, 0.3) is 0 Å². The third kappa shape index (κ3) is 2.87. The van der Waals surface area contributed by atoms with Gasteiger partial charge in [-0.15, -0.1) is 0 Å². The summed E-state index contributed by atoms with van der Waals surface area (Å²) in [6, 6.07) is 6.61. The quantitative estimate of drug-likeness (QED) is 0.672. The van der Waals surface area contributed by atoms with Crippen molar-refractivity contribution in [3.63, 3.8) is 0 Å². The molecule has 2 aliphatic rings. The number of hydrogen-bond donors (Lipinski definition) is 0. The van der Waals surface area contributed by atoms with Gasteiger partial charge in [-0.3, -0.25) is 14.5 Å². The monoisotopic (exact) mass is 419 g/mol. The van der Waals surface area contributed by atoms with Gasteiger partial charge >= 0.3 is 0 Å². The van der Waals surface area contributed by atoms with E-state index >= 15 is 0 Å². The zero-order chi connectivity index (χ0) is 17.6. The van der Waals surface area contributed by atoms with Gasteiger partial charge in [0, 0.05) is 34.5 Å². The fourth-order valence-electron chi connectivity index (χ4n) is 3.69. The fourth-order valence-corrected chi connectivity index (χ4v) is 4.74. The van der Waals surface area contributed by atoms with Crippen molar-refractivity contribution in [3.8, 4) is 0 Å². The molecule has 0 saturated heterocycles.